The Morgan fingerprint density at radius 1 is 0.815 bits per heavy atom. The number of hydrogen-bond donors (Lipinski definition) is 0. The number of rotatable bonds is 5. The zero-order valence-electron chi connectivity index (χ0n) is 16.3. The average Bonchev–Trinajstić information content (AvgIpc) is 2.66. The Kier molecular flexibility index (Phi) is 6.08. The van der Waals surface area contributed by atoms with Crippen LogP contribution >= 0.6 is 11.6 Å². The second-order valence-corrected chi connectivity index (χ2v) is 7.69. The summed E-state index contributed by atoms with van der Waals surface area (Å²) in [5.74, 6) is 0.830. The van der Waals surface area contributed by atoms with E-state index in [0.717, 1.165) is 22.6 Å². The molecule has 0 N–H and O–H groups in total. The number of aromatic nitrogens is 1. The molecule has 0 spiro atoms. The Morgan fingerprint density at radius 2 is 1.44 bits per heavy atom. The molecule has 138 valence electrons. The van der Waals surface area contributed by atoms with E-state index in [0.29, 0.717) is 16.9 Å². The number of para-hydroxylation sites is 1. The van der Waals surface area contributed by atoms with Gasteiger partial charge in [0.05, 0.1) is 23.3 Å². The number of benzene rings is 2. The van der Waals surface area contributed by atoms with E-state index in [1.54, 1.807) is 0 Å². The van der Waals surface area contributed by atoms with Gasteiger partial charge < -0.3 is 0 Å². The van der Waals surface area contributed by atoms with Gasteiger partial charge in [0.1, 0.15) is 0 Å². The van der Waals surface area contributed by atoms with Gasteiger partial charge in [0.25, 0.3) is 0 Å². The smallest absolute Gasteiger partial charge is 0.0820 e. The maximum atomic E-state index is 6.32. The molecule has 3 aromatic rings. The summed E-state index contributed by atoms with van der Waals surface area (Å²) in [4.78, 5) is 9.59. The summed E-state index contributed by atoms with van der Waals surface area (Å²) in [6.45, 7) is 8.81. The molecule has 0 aliphatic rings. The predicted octanol–water partition coefficient (Wildman–Crippen LogP) is 7.40. The molecular formula is C24H25ClN2. The summed E-state index contributed by atoms with van der Waals surface area (Å²) in [6, 6.07) is 20.1. The average molecular weight is 377 g/mol. The van der Waals surface area contributed by atoms with E-state index in [4.69, 9.17) is 21.6 Å². The largest absolute Gasteiger partial charge is 0.254 e. The Hall–Kier alpha value is -2.45. The fourth-order valence-corrected chi connectivity index (χ4v) is 3.37. The summed E-state index contributed by atoms with van der Waals surface area (Å²) in [7, 11) is 0. The van der Waals surface area contributed by atoms with Crippen molar-refractivity contribution in [3.63, 3.8) is 0 Å². The Morgan fingerprint density at radius 3 is 2.07 bits per heavy atom. The van der Waals surface area contributed by atoms with Crippen molar-refractivity contribution >= 4 is 23.5 Å². The lowest BCUT2D eigenvalue weighted by Gasteiger charge is -2.16. The first kappa shape index (κ1) is 19.3. The van der Waals surface area contributed by atoms with Gasteiger partial charge in [0.15, 0.2) is 0 Å². The van der Waals surface area contributed by atoms with Crippen molar-refractivity contribution in [2.75, 3.05) is 0 Å². The molecule has 3 rings (SSSR count). The minimum atomic E-state index is 0.415. The number of hydrogen-bond acceptors (Lipinski definition) is 2. The van der Waals surface area contributed by atoms with Gasteiger partial charge in [0.2, 0.25) is 0 Å². The van der Waals surface area contributed by atoms with Crippen molar-refractivity contribution in [2.24, 2.45) is 4.99 Å². The highest BCUT2D eigenvalue weighted by Gasteiger charge is 2.12. The van der Waals surface area contributed by atoms with Crippen molar-refractivity contribution in [1.29, 1.82) is 0 Å². The topological polar surface area (TPSA) is 25.2 Å². The fraction of sp³-hybridized carbons (Fsp3) is 0.250. The summed E-state index contributed by atoms with van der Waals surface area (Å²) >= 11 is 6.32. The van der Waals surface area contributed by atoms with Gasteiger partial charge in [-0.25, -0.2) is 4.98 Å². The van der Waals surface area contributed by atoms with Gasteiger partial charge in [-0.1, -0.05) is 81.8 Å². The van der Waals surface area contributed by atoms with Crippen LogP contribution in [0.4, 0.5) is 5.69 Å². The molecule has 0 unspecified atom stereocenters. The fourth-order valence-electron chi connectivity index (χ4n) is 3.13. The van der Waals surface area contributed by atoms with Crippen LogP contribution in [0.2, 0.25) is 5.02 Å². The standard InChI is InChI=1S/C24H25ClN2/c1-16(2)19-11-8-12-20(17(3)4)24(19)26-15-18-9-7-14-23(27-18)21-10-5-6-13-22(21)25/h5-17H,1-4H3. The van der Waals surface area contributed by atoms with Crippen molar-refractivity contribution in [3.05, 3.63) is 82.5 Å². The maximum absolute atomic E-state index is 6.32. The van der Waals surface area contributed by atoms with E-state index in [9.17, 15) is 0 Å². The summed E-state index contributed by atoms with van der Waals surface area (Å²) < 4.78 is 0. The van der Waals surface area contributed by atoms with Crippen molar-refractivity contribution in [1.82, 2.24) is 4.98 Å². The third-order valence-electron chi connectivity index (χ3n) is 4.59. The number of halogens is 1. The second kappa shape index (κ2) is 8.49. The lowest BCUT2D eigenvalue weighted by Crippen LogP contribution is -1.96. The molecule has 2 nitrogen and oxygen atoms in total. The summed E-state index contributed by atoms with van der Waals surface area (Å²) in [6.07, 6.45) is 1.85. The molecular weight excluding hydrogens is 352 g/mol. The van der Waals surface area contributed by atoms with Crippen molar-refractivity contribution in [3.8, 4) is 11.3 Å². The van der Waals surface area contributed by atoms with Crippen LogP contribution < -0.4 is 0 Å². The van der Waals surface area contributed by atoms with Crippen LogP contribution in [-0.2, 0) is 0 Å². The first-order chi connectivity index (χ1) is 13.0. The third-order valence-corrected chi connectivity index (χ3v) is 4.92. The molecule has 0 atom stereocenters. The molecule has 0 saturated heterocycles. The van der Waals surface area contributed by atoms with Gasteiger partial charge in [0, 0.05) is 10.6 Å². The number of aliphatic imine (C=N–C) groups is 1. The summed E-state index contributed by atoms with van der Waals surface area (Å²) in [5.41, 5.74) is 6.19. The van der Waals surface area contributed by atoms with Crippen LogP contribution in [0.25, 0.3) is 11.3 Å². The molecule has 1 heterocycles. The van der Waals surface area contributed by atoms with Crippen LogP contribution in [0.5, 0.6) is 0 Å². The van der Waals surface area contributed by atoms with Crippen molar-refractivity contribution < 1.29 is 0 Å². The van der Waals surface area contributed by atoms with E-state index >= 15 is 0 Å². The molecule has 0 saturated carbocycles. The number of nitrogens with zero attached hydrogens (tertiary/aromatic N) is 2. The molecule has 27 heavy (non-hydrogen) atoms. The van der Waals surface area contributed by atoms with Gasteiger partial charge in [-0.3, -0.25) is 4.99 Å². The molecule has 2 aromatic carbocycles. The Balaban J connectivity index is 2.01. The maximum Gasteiger partial charge on any atom is 0.0820 e. The van der Waals surface area contributed by atoms with Crippen LogP contribution in [0, 0.1) is 0 Å². The number of pyridine rings is 1. The minimum Gasteiger partial charge on any atom is -0.254 e. The van der Waals surface area contributed by atoms with E-state index in [1.165, 1.54) is 11.1 Å². The van der Waals surface area contributed by atoms with Crippen molar-refractivity contribution in [2.45, 2.75) is 39.5 Å². The van der Waals surface area contributed by atoms with E-state index in [1.807, 2.05) is 48.7 Å². The molecule has 1 aromatic heterocycles. The third kappa shape index (κ3) is 4.45. The Labute approximate surface area is 167 Å². The lowest BCUT2D eigenvalue weighted by atomic mass is 9.93. The quantitative estimate of drug-likeness (QED) is 0.426. The SMILES string of the molecule is CC(C)c1cccc(C(C)C)c1N=Cc1cccc(-c2ccccc2Cl)n1. The molecule has 3 heteroatoms. The van der Waals surface area contributed by atoms with Gasteiger partial charge in [-0.2, -0.15) is 0 Å². The lowest BCUT2D eigenvalue weighted by molar-refractivity contribution is 0.835. The molecule has 0 aliphatic carbocycles. The normalized spacial score (nSPS) is 11.7. The highest BCUT2D eigenvalue weighted by atomic mass is 35.5. The van der Waals surface area contributed by atoms with E-state index < -0.39 is 0 Å². The van der Waals surface area contributed by atoms with E-state index in [2.05, 4.69) is 45.9 Å². The highest BCUT2D eigenvalue weighted by Crippen LogP contribution is 2.34. The molecule has 0 fully saturated rings. The monoisotopic (exact) mass is 376 g/mol. The van der Waals surface area contributed by atoms with E-state index in [-0.39, 0.29) is 0 Å². The first-order valence-corrected chi connectivity index (χ1v) is 9.74. The summed E-state index contributed by atoms with van der Waals surface area (Å²) in [5, 5.41) is 0.700. The predicted molar refractivity (Wildman–Crippen MR) is 117 cm³/mol. The van der Waals surface area contributed by atoms with Crippen LogP contribution in [0.15, 0.2) is 65.7 Å². The molecule has 0 aliphatic heterocycles. The molecule has 0 radical (unpaired) electrons. The second-order valence-electron chi connectivity index (χ2n) is 7.28. The van der Waals surface area contributed by atoms with Crippen LogP contribution in [-0.4, -0.2) is 11.2 Å². The first-order valence-electron chi connectivity index (χ1n) is 9.36. The zero-order valence-corrected chi connectivity index (χ0v) is 17.0. The molecule has 0 bridgehead atoms. The zero-order chi connectivity index (χ0) is 19.4. The van der Waals surface area contributed by atoms with Crippen LogP contribution in [0.3, 0.4) is 0 Å². The minimum absolute atomic E-state index is 0.415. The Bertz CT molecular complexity index is 932. The van der Waals surface area contributed by atoms with Crippen LogP contribution in [0.1, 0.15) is 56.4 Å². The molecule has 0 amide bonds. The van der Waals surface area contributed by atoms with Gasteiger partial charge >= 0.3 is 0 Å². The van der Waals surface area contributed by atoms with Gasteiger partial charge in [-0.05, 0) is 41.2 Å². The highest BCUT2D eigenvalue weighted by molar-refractivity contribution is 6.33. The van der Waals surface area contributed by atoms with Gasteiger partial charge in [-0.15, -0.1) is 0 Å².